The Hall–Kier alpha value is -1.73. The number of hydrogen-bond donors (Lipinski definition) is 1. The molecule has 26 heavy (non-hydrogen) atoms. The monoisotopic (exact) mass is 368 g/mol. The van der Waals surface area contributed by atoms with Gasteiger partial charge in [0.1, 0.15) is 5.75 Å². The molecule has 0 radical (unpaired) electrons. The van der Waals surface area contributed by atoms with Gasteiger partial charge in [-0.25, -0.2) is 8.78 Å². The molecule has 2 saturated heterocycles. The number of β-amino-alcohol motifs (C(OH)–C–C–N with tert-alkyl or cyclic N) is 1. The molecule has 2 unspecified atom stereocenters. The zero-order chi connectivity index (χ0) is 18.7. The number of carbonyl (C=O) groups excluding carboxylic acids is 1. The van der Waals surface area contributed by atoms with E-state index in [1.54, 1.807) is 16.9 Å². The van der Waals surface area contributed by atoms with Crippen molar-refractivity contribution in [2.24, 2.45) is 5.92 Å². The highest BCUT2D eigenvalue weighted by molar-refractivity contribution is 5.80. The molecule has 2 heterocycles. The van der Waals surface area contributed by atoms with Crippen molar-refractivity contribution in [3.8, 4) is 5.75 Å². The standard InChI is InChI=1S/C19H26F2N2O3/c1-26-16-4-2-3-14(9-16)17-10-15(24)11-23(17)19(25)13-5-7-22(8-6-13)12-18(20)21/h2-4,9,13,15,17-18,24H,5-8,10-12H2,1H3. The average Bonchev–Trinajstić information content (AvgIpc) is 3.03. The summed E-state index contributed by atoms with van der Waals surface area (Å²) in [5.74, 6) is 0.574. The van der Waals surface area contributed by atoms with Crippen LogP contribution < -0.4 is 4.74 Å². The number of alkyl halides is 2. The number of benzene rings is 1. The summed E-state index contributed by atoms with van der Waals surface area (Å²) in [7, 11) is 1.60. The fourth-order valence-electron chi connectivity index (χ4n) is 4.01. The molecule has 0 aliphatic carbocycles. The van der Waals surface area contributed by atoms with Crippen LogP contribution in [0, 0.1) is 5.92 Å². The van der Waals surface area contributed by atoms with Crippen LogP contribution in [0.25, 0.3) is 0 Å². The largest absolute Gasteiger partial charge is 0.497 e. The molecule has 2 atom stereocenters. The maximum Gasteiger partial charge on any atom is 0.251 e. The van der Waals surface area contributed by atoms with Crippen LogP contribution in [0.1, 0.15) is 30.9 Å². The number of rotatable bonds is 5. The van der Waals surface area contributed by atoms with E-state index in [1.165, 1.54) is 0 Å². The number of amides is 1. The summed E-state index contributed by atoms with van der Waals surface area (Å²) in [6.07, 6.45) is -1.21. The van der Waals surface area contributed by atoms with Gasteiger partial charge in [0.15, 0.2) is 0 Å². The third-order valence-electron chi connectivity index (χ3n) is 5.37. The van der Waals surface area contributed by atoms with Crippen LogP contribution in [0.3, 0.4) is 0 Å². The molecule has 1 aromatic rings. The van der Waals surface area contributed by atoms with Gasteiger partial charge in [0.25, 0.3) is 6.43 Å². The second-order valence-corrected chi connectivity index (χ2v) is 7.14. The lowest BCUT2D eigenvalue weighted by atomic mass is 9.94. The highest BCUT2D eigenvalue weighted by atomic mass is 19.3. The summed E-state index contributed by atoms with van der Waals surface area (Å²) < 4.78 is 30.3. The number of aliphatic hydroxyl groups is 1. The van der Waals surface area contributed by atoms with Crippen LogP contribution in [-0.4, -0.2) is 66.6 Å². The van der Waals surface area contributed by atoms with Crippen molar-refractivity contribution in [1.82, 2.24) is 9.80 Å². The smallest absolute Gasteiger partial charge is 0.251 e. The topological polar surface area (TPSA) is 53.0 Å². The Balaban J connectivity index is 1.67. The second kappa shape index (κ2) is 8.31. The van der Waals surface area contributed by atoms with Crippen molar-refractivity contribution >= 4 is 5.91 Å². The van der Waals surface area contributed by atoms with E-state index < -0.39 is 12.5 Å². The Kier molecular flexibility index (Phi) is 6.09. The van der Waals surface area contributed by atoms with Gasteiger partial charge in [-0.1, -0.05) is 12.1 Å². The van der Waals surface area contributed by atoms with Gasteiger partial charge in [0.05, 0.1) is 25.8 Å². The highest BCUT2D eigenvalue weighted by Crippen LogP contribution is 2.36. The minimum Gasteiger partial charge on any atom is -0.497 e. The molecule has 0 bridgehead atoms. The fourth-order valence-corrected chi connectivity index (χ4v) is 4.01. The number of likely N-dealkylation sites (tertiary alicyclic amines) is 2. The predicted molar refractivity (Wildman–Crippen MR) is 93.2 cm³/mol. The first kappa shape index (κ1) is 19.0. The molecule has 3 rings (SSSR count). The van der Waals surface area contributed by atoms with Gasteiger partial charge in [0, 0.05) is 12.5 Å². The molecule has 1 N–H and O–H groups in total. The summed E-state index contributed by atoms with van der Waals surface area (Å²) in [5, 5.41) is 10.1. The van der Waals surface area contributed by atoms with E-state index in [1.807, 2.05) is 24.3 Å². The number of hydrogen-bond acceptors (Lipinski definition) is 4. The molecule has 5 nitrogen and oxygen atoms in total. The number of aliphatic hydroxyl groups excluding tert-OH is 1. The summed E-state index contributed by atoms with van der Waals surface area (Å²) in [6.45, 7) is 1.12. The van der Waals surface area contributed by atoms with Gasteiger partial charge in [-0.2, -0.15) is 0 Å². The molecule has 2 aliphatic heterocycles. The maximum atomic E-state index is 13.0. The van der Waals surface area contributed by atoms with Gasteiger partial charge in [-0.3, -0.25) is 9.69 Å². The van der Waals surface area contributed by atoms with E-state index in [9.17, 15) is 18.7 Å². The van der Waals surface area contributed by atoms with Crippen LogP contribution in [-0.2, 0) is 4.79 Å². The summed E-state index contributed by atoms with van der Waals surface area (Å²) >= 11 is 0. The Bertz CT molecular complexity index is 621. The first-order valence-corrected chi connectivity index (χ1v) is 9.11. The average molecular weight is 368 g/mol. The summed E-state index contributed by atoms with van der Waals surface area (Å²) in [5.41, 5.74) is 0.949. The highest BCUT2D eigenvalue weighted by Gasteiger charge is 2.39. The van der Waals surface area contributed by atoms with E-state index in [0.717, 1.165) is 11.3 Å². The van der Waals surface area contributed by atoms with Gasteiger partial charge in [-0.15, -0.1) is 0 Å². The number of carbonyl (C=O) groups is 1. The molecular formula is C19H26F2N2O3. The Labute approximate surface area is 152 Å². The molecule has 0 spiro atoms. The minimum absolute atomic E-state index is 0.0195. The molecular weight excluding hydrogens is 342 g/mol. The van der Waals surface area contributed by atoms with E-state index >= 15 is 0 Å². The predicted octanol–water partition coefficient (Wildman–Crippen LogP) is 2.31. The SMILES string of the molecule is COc1cccc(C2CC(O)CN2C(=O)C2CCN(CC(F)F)CC2)c1. The molecule has 0 aromatic heterocycles. The quantitative estimate of drug-likeness (QED) is 0.867. The zero-order valence-corrected chi connectivity index (χ0v) is 15.0. The van der Waals surface area contributed by atoms with Gasteiger partial charge in [0.2, 0.25) is 5.91 Å². The van der Waals surface area contributed by atoms with E-state index in [4.69, 9.17) is 4.74 Å². The van der Waals surface area contributed by atoms with Gasteiger partial charge < -0.3 is 14.7 Å². The lowest BCUT2D eigenvalue weighted by molar-refractivity contribution is -0.138. The third kappa shape index (κ3) is 4.32. The van der Waals surface area contributed by atoms with Gasteiger partial charge >= 0.3 is 0 Å². The summed E-state index contributed by atoms with van der Waals surface area (Å²) in [6, 6.07) is 7.39. The Morgan fingerprint density at radius 3 is 2.73 bits per heavy atom. The van der Waals surface area contributed by atoms with Crippen molar-refractivity contribution in [2.75, 3.05) is 33.3 Å². The summed E-state index contributed by atoms with van der Waals surface area (Å²) in [4.78, 5) is 16.5. The molecule has 2 aliphatic rings. The normalized spacial score (nSPS) is 25.0. The molecule has 2 fully saturated rings. The zero-order valence-electron chi connectivity index (χ0n) is 15.0. The van der Waals surface area contributed by atoms with E-state index in [0.29, 0.717) is 38.9 Å². The van der Waals surface area contributed by atoms with Crippen molar-refractivity contribution in [3.05, 3.63) is 29.8 Å². The molecule has 144 valence electrons. The third-order valence-corrected chi connectivity index (χ3v) is 5.37. The van der Waals surface area contributed by atoms with Crippen LogP contribution in [0.4, 0.5) is 8.78 Å². The van der Waals surface area contributed by atoms with Crippen molar-refractivity contribution in [1.29, 1.82) is 0 Å². The number of ether oxygens (including phenoxy) is 1. The van der Waals surface area contributed by atoms with Crippen molar-refractivity contribution in [3.63, 3.8) is 0 Å². The Morgan fingerprint density at radius 1 is 1.35 bits per heavy atom. The lowest BCUT2D eigenvalue weighted by Crippen LogP contribution is -2.43. The second-order valence-electron chi connectivity index (χ2n) is 7.14. The molecule has 1 aromatic carbocycles. The van der Waals surface area contributed by atoms with Crippen LogP contribution >= 0.6 is 0 Å². The number of nitrogens with zero attached hydrogens (tertiary/aromatic N) is 2. The maximum absolute atomic E-state index is 13.0. The first-order valence-electron chi connectivity index (χ1n) is 9.11. The van der Waals surface area contributed by atoms with Crippen LogP contribution in [0.5, 0.6) is 5.75 Å². The van der Waals surface area contributed by atoms with E-state index in [-0.39, 0.29) is 24.4 Å². The molecule has 0 saturated carbocycles. The van der Waals surface area contributed by atoms with E-state index in [2.05, 4.69) is 0 Å². The van der Waals surface area contributed by atoms with Crippen molar-refractivity contribution in [2.45, 2.75) is 37.8 Å². The van der Waals surface area contributed by atoms with Crippen LogP contribution in [0.2, 0.25) is 0 Å². The number of piperidine rings is 1. The van der Waals surface area contributed by atoms with Crippen LogP contribution in [0.15, 0.2) is 24.3 Å². The molecule has 1 amide bonds. The van der Waals surface area contributed by atoms with Gasteiger partial charge in [-0.05, 0) is 50.0 Å². The minimum atomic E-state index is -2.34. The number of methoxy groups -OCH3 is 1. The lowest BCUT2D eigenvalue weighted by Gasteiger charge is -2.34. The van der Waals surface area contributed by atoms with Crippen molar-refractivity contribution < 1.29 is 23.4 Å². The molecule has 7 heteroatoms. The first-order chi connectivity index (χ1) is 12.5. The number of halogens is 2. The fraction of sp³-hybridized carbons (Fsp3) is 0.632. The Morgan fingerprint density at radius 2 is 2.08 bits per heavy atom.